The highest BCUT2D eigenvalue weighted by Crippen LogP contribution is 2.23. The summed E-state index contributed by atoms with van der Waals surface area (Å²) in [5.74, 6) is -0.289. The van der Waals surface area contributed by atoms with Crippen LogP contribution in [-0.4, -0.2) is 20.0 Å². The van der Waals surface area contributed by atoms with Gasteiger partial charge in [-0.15, -0.1) is 11.3 Å². The van der Waals surface area contributed by atoms with E-state index in [0.29, 0.717) is 16.9 Å². The normalized spacial score (nSPS) is 11.6. The van der Waals surface area contributed by atoms with E-state index in [4.69, 9.17) is 4.42 Å². The highest BCUT2D eigenvalue weighted by molar-refractivity contribution is 7.12. The Morgan fingerprint density at radius 3 is 2.72 bits per heavy atom. The number of carbonyl (C=O) groups excluding carboxylic acids is 1. The Kier molecular flexibility index (Phi) is 4.50. The Labute approximate surface area is 167 Å². The summed E-state index contributed by atoms with van der Waals surface area (Å²) >= 11 is 1.24. The van der Waals surface area contributed by atoms with Gasteiger partial charge in [0.2, 0.25) is 0 Å². The van der Waals surface area contributed by atoms with Crippen LogP contribution >= 0.6 is 11.3 Å². The number of fused-ring (bicyclic) bond motifs is 3. The maximum Gasteiger partial charge on any atom is 0.360 e. The van der Waals surface area contributed by atoms with Gasteiger partial charge in [0, 0.05) is 13.6 Å². The average molecular weight is 414 g/mol. The lowest BCUT2D eigenvalue weighted by atomic mass is 10.2. The number of rotatable bonds is 4. The van der Waals surface area contributed by atoms with Gasteiger partial charge in [-0.2, -0.15) is 0 Å². The first-order valence-corrected chi connectivity index (χ1v) is 9.80. The van der Waals surface area contributed by atoms with E-state index in [1.54, 1.807) is 17.5 Å². The molecule has 2 N–H and O–H groups in total. The van der Waals surface area contributed by atoms with Gasteiger partial charge < -0.3 is 14.7 Å². The van der Waals surface area contributed by atoms with Crippen LogP contribution in [0.25, 0.3) is 22.1 Å². The number of thiophene rings is 1. The average Bonchev–Trinajstić information content (AvgIpc) is 3.31. The van der Waals surface area contributed by atoms with Crippen molar-refractivity contribution in [2.75, 3.05) is 5.32 Å². The fraction of sp³-hybridized carbons (Fsp3) is 0.263. The van der Waals surface area contributed by atoms with Crippen molar-refractivity contribution in [2.24, 2.45) is 13.0 Å². The molecule has 0 saturated heterocycles. The molecule has 0 aromatic carbocycles. The summed E-state index contributed by atoms with van der Waals surface area (Å²) in [4.78, 5) is 53.4. The van der Waals surface area contributed by atoms with Crippen LogP contribution in [-0.2, 0) is 13.6 Å². The van der Waals surface area contributed by atoms with Crippen LogP contribution in [0, 0.1) is 5.92 Å². The number of aromatic amines is 1. The molecule has 4 rings (SSSR count). The van der Waals surface area contributed by atoms with Crippen LogP contribution in [0.4, 0.5) is 5.69 Å². The first kappa shape index (κ1) is 18.9. The van der Waals surface area contributed by atoms with Gasteiger partial charge in [-0.3, -0.25) is 18.7 Å². The lowest BCUT2D eigenvalue weighted by Crippen LogP contribution is -2.38. The van der Waals surface area contributed by atoms with Crippen molar-refractivity contribution in [3.63, 3.8) is 0 Å². The van der Waals surface area contributed by atoms with Crippen molar-refractivity contribution in [1.82, 2.24) is 14.1 Å². The molecule has 0 bridgehead atoms. The first-order valence-electron chi connectivity index (χ1n) is 8.92. The van der Waals surface area contributed by atoms with Gasteiger partial charge in [-0.25, -0.2) is 9.59 Å². The van der Waals surface area contributed by atoms with Crippen LogP contribution in [0.2, 0.25) is 0 Å². The minimum Gasteiger partial charge on any atom is -0.419 e. The molecular formula is C19H18N4O5S. The highest BCUT2D eigenvalue weighted by atomic mass is 32.1. The number of nitrogens with zero attached hydrogens (tertiary/aromatic N) is 2. The molecular weight excluding hydrogens is 396 g/mol. The Morgan fingerprint density at radius 2 is 2.07 bits per heavy atom. The molecule has 9 nitrogen and oxygen atoms in total. The smallest absolute Gasteiger partial charge is 0.360 e. The Balaban J connectivity index is 1.94. The van der Waals surface area contributed by atoms with Crippen molar-refractivity contribution in [3.05, 3.63) is 59.7 Å². The van der Waals surface area contributed by atoms with Gasteiger partial charge in [0.25, 0.3) is 11.5 Å². The number of hydrogen-bond donors (Lipinski definition) is 2. The van der Waals surface area contributed by atoms with Gasteiger partial charge >= 0.3 is 11.3 Å². The lowest BCUT2D eigenvalue weighted by Gasteiger charge is -2.11. The van der Waals surface area contributed by atoms with E-state index in [1.165, 1.54) is 29.0 Å². The highest BCUT2D eigenvalue weighted by Gasteiger charge is 2.20. The van der Waals surface area contributed by atoms with E-state index in [0.717, 1.165) is 4.57 Å². The molecule has 0 atom stereocenters. The molecule has 0 spiro atoms. The summed E-state index contributed by atoms with van der Waals surface area (Å²) in [6.07, 6.45) is 0. The molecule has 1 amide bonds. The Morgan fingerprint density at radius 1 is 1.31 bits per heavy atom. The molecule has 4 aromatic rings. The van der Waals surface area contributed by atoms with E-state index < -0.39 is 22.8 Å². The number of carbonyl (C=O) groups is 1. The molecule has 4 aromatic heterocycles. The quantitative estimate of drug-likeness (QED) is 0.530. The second-order valence-corrected chi connectivity index (χ2v) is 8.07. The van der Waals surface area contributed by atoms with Crippen LogP contribution in [0.3, 0.4) is 0 Å². The largest absolute Gasteiger partial charge is 0.419 e. The number of hydrogen-bond acceptors (Lipinski definition) is 6. The van der Waals surface area contributed by atoms with Crippen LogP contribution in [0.5, 0.6) is 0 Å². The molecule has 150 valence electrons. The second kappa shape index (κ2) is 6.89. The number of H-pyrrole nitrogens is 1. The third kappa shape index (κ3) is 3.11. The SMILES string of the molecule is CC(C)Cn1c(=O)n(C)c(=O)c2c3oc(=O)c(NC(=O)c4cccs4)cc3[nH]c21. The zero-order valence-electron chi connectivity index (χ0n) is 15.9. The van der Waals surface area contributed by atoms with Gasteiger partial charge in [0.15, 0.2) is 5.58 Å². The zero-order chi connectivity index (χ0) is 20.9. The lowest BCUT2D eigenvalue weighted by molar-refractivity contribution is 0.103. The molecule has 10 heteroatoms. The number of aromatic nitrogens is 3. The summed E-state index contributed by atoms with van der Waals surface area (Å²) in [6.45, 7) is 4.28. The molecule has 4 heterocycles. The monoisotopic (exact) mass is 414 g/mol. The Bertz CT molecular complexity index is 1420. The van der Waals surface area contributed by atoms with Crippen LogP contribution in [0.1, 0.15) is 23.5 Å². The molecule has 29 heavy (non-hydrogen) atoms. The standard InChI is InChI=1S/C19H18N4O5S/c1-9(2)8-23-15-13(17(25)22(3)19(23)27)14-10(20-15)7-11(18(26)28-14)21-16(24)12-5-4-6-29-12/h4-7,9,20H,8H2,1-3H3,(H,21,24). The number of nitrogens with one attached hydrogen (secondary N) is 2. The molecule has 0 fully saturated rings. The third-order valence-corrected chi connectivity index (χ3v) is 5.38. The predicted molar refractivity (Wildman–Crippen MR) is 111 cm³/mol. The fourth-order valence-corrected chi connectivity index (χ4v) is 3.81. The van der Waals surface area contributed by atoms with Crippen LogP contribution in [0.15, 0.2) is 42.4 Å². The summed E-state index contributed by atoms with van der Waals surface area (Å²) in [5.41, 5.74) is -1.19. The van der Waals surface area contributed by atoms with Gasteiger partial charge in [0.1, 0.15) is 16.7 Å². The van der Waals surface area contributed by atoms with Crippen molar-refractivity contribution >= 4 is 45.1 Å². The molecule has 0 aliphatic rings. The second-order valence-electron chi connectivity index (χ2n) is 7.12. The summed E-state index contributed by atoms with van der Waals surface area (Å²) in [6, 6.07) is 4.78. The third-order valence-electron chi connectivity index (χ3n) is 4.51. The zero-order valence-corrected chi connectivity index (χ0v) is 16.8. The maximum atomic E-state index is 12.7. The predicted octanol–water partition coefficient (Wildman–Crippen LogP) is 2.10. The van der Waals surface area contributed by atoms with E-state index in [2.05, 4.69) is 10.3 Å². The van der Waals surface area contributed by atoms with Crippen molar-refractivity contribution in [1.29, 1.82) is 0 Å². The summed E-state index contributed by atoms with van der Waals surface area (Å²) in [7, 11) is 1.38. The minimum atomic E-state index is -0.785. The van der Waals surface area contributed by atoms with Gasteiger partial charge in [-0.1, -0.05) is 19.9 Å². The minimum absolute atomic E-state index is 0.0530. The van der Waals surface area contributed by atoms with E-state index in [1.807, 2.05) is 13.8 Å². The molecule has 0 unspecified atom stereocenters. The van der Waals surface area contributed by atoms with Crippen molar-refractivity contribution in [2.45, 2.75) is 20.4 Å². The topological polar surface area (TPSA) is 119 Å². The van der Waals surface area contributed by atoms with Crippen molar-refractivity contribution < 1.29 is 9.21 Å². The van der Waals surface area contributed by atoms with Gasteiger partial charge in [-0.05, 0) is 23.4 Å². The van der Waals surface area contributed by atoms with E-state index >= 15 is 0 Å². The van der Waals surface area contributed by atoms with Crippen molar-refractivity contribution in [3.8, 4) is 0 Å². The first-order chi connectivity index (χ1) is 13.8. The molecule has 0 radical (unpaired) electrons. The number of anilines is 1. The maximum absolute atomic E-state index is 12.7. The van der Waals surface area contributed by atoms with Crippen LogP contribution < -0.4 is 22.2 Å². The fourth-order valence-electron chi connectivity index (χ4n) is 3.19. The molecule has 0 aliphatic heterocycles. The summed E-state index contributed by atoms with van der Waals surface area (Å²) < 4.78 is 7.81. The summed E-state index contributed by atoms with van der Waals surface area (Å²) in [5, 5.41) is 4.40. The molecule has 0 aliphatic carbocycles. The van der Waals surface area contributed by atoms with E-state index in [-0.39, 0.29) is 28.2 Å². The Hall–Kier alpha value is -3.40. The molecule has 0 saturated carbocycles. The van der Waals surface area contributed by atoms with Gasteiger partial charge in [0.05, 0.1) is 10.4 Å². The van der Waals surface area contributed by atoms with E-state index in [9.17, 15) is 19.2 Å². The number of amides is 1.